The molecule has 0 spiro atoms. The Morgan fingerprint density at radius 2 is 1.90 bits per heavy atom. The topological polar surface area (TPSA) is 29.5 Å². The number of thioether (sulfide) groups is 1. The second-order valence-electron chi connectivity index (χ2n) is 4.79. The van der Waals surface area contributed by atoms with Gasteiger partial charge in [-0.25, -0.2) is 0 Å². The van der Waals surface area contributed by atoms with Crippen LogP contribution >= 0.6 is 11.8 Å². The molecule has 0 amide bonds. The molecule has 0 atom stereocenters. The van der Waals surface area contributed by atoms with Crippen LogP contribution in [-0.2, 0) is 0 Å². The highest BCUT2D eigenvalue weighted by molar-refractivity contribution is 7.99. The monoisotopic (exact) mass is 288 g/mol. The predicted molar refractivity (Wildman–Crippen MR) is 84.9 cm³/mol. The lowest BCUT2D eigenvalue weighted by molar-refractivity contribution is 0.318. The number of ether oxygens (including phenoxy) is 1. The van der Waals surface area contributed by atoms with E-state index < -0.39 is 0 Å². The third-order valence-electron chi connectivity index (χ3n) is 3.12. The maximum atomic E-state index is 9.37. The number of phenols is 1. The Morgan fingerprint density at radius 1 is 1.05 bits per heavy atom. The minimum atomic E-state index is 0.321. The highest BCUT2D eigenvalue weighted by Gasteiger charge is 1.99. The van der Waals surface area contributed by atoms with E-state index in [4.69, 9.17) is 4.74 Å². The molecule has 0 unspecified atom stereocenters. The highest BCUT2D eigenvalue weighted by atomic mass is 32.2. The van der Waals surface area contributed by atoms with Crippen LogP contribution in [0.1, 0.15) is 17.5 Å². The van der Waals surface area contributed by atoms with Crippen LogP contribution in [0.15, 0.2) is 47.4 Å². The summed E-state index contributed by atoms with van der Waals surface area (Å²) < 4.78 is 5.74. The van der Waals surface area contributed by atoms with Gasteiger partial charge in [-0.05, 0) is 61.7 Å². The number of benzene rings is 2. The van der Waals surface area contributed by atoms with Crippen LogP contribution in [0.4, 0.5) is 0 Å². The van der Waals surface area contributed by atoms with Gasteiger partial charge in [0.2, 0.25) is 0 Å². The van der Waals surface area contributed by atoms with Gasteiger partial charge in [0.05, 0.1) is 6.61 Å². The van der Waals surface area contributed by atoms with Crippen molar-refractivity contribution in [2.75, 3.05) is 12.4 Å². The molecule has 0 bridgehead atoms. The van der Waals surface area contributed by atoms with Crippen molar-refractivity contribution < 1.29 is 9.84 Å². The first kappa shape index (κ1) is 14.8. The molecule has 0 heterocycles. The molecule has 106 valence electrons. The lowest BCUT2D eigenvalue weighted by atomic mass is 10.1. The lowest BCUT2D eigenvalue weighted by Gasteiger charge is -2.08. The molecular weight excluding hydrogens is 268 g/mol. The van der Waals surface area contributed by atoms with Crippen molar-refractivity contribution in [3.63, 3.8) is 0 Å². The summed E-state index contributed by atoms with van der Waals surface area (Å²) in [5, 5.41) is 9.37. The van der Waals surface area contributed by atoms with Gasteiger partial charge >= 0.3 is 0 Å². The Hall–Kier alpha value is -1.61. The van der Waals surface area contributed by atoms with Gasteiger partial charge in [0.15, 0.2) is 0 Å². The number of aryl methyl sites for hydroxylation is 2. The summed E-state index contributed by atoms with van der Waals surface area (Å²) in [6.45, 7) is 4.92. The Morgan fingerprint density at radius 3 is 2.65 bits per heavy atom. The van der Waals surface area contributed by atoms with Crippen molar-refractivity contribution in [3.8, 4) is 11.5 Å². The average Bonchev–Trinajstić information content (AvgIpc) is 2.42. The molecule has 0 radical (unpaired) electrons. The molecule has 2 rings (SSSR count). The van der Waals surface area contributed by atoms with Crippen LogP contribution in [0.2, 0.25) is 0 Å². The molecule has 1 N–H and O–H groups in total. The normalized spacial score (nSPS) is 10.5. The fraction of sp³-hybridized carbons (Fsp3) is 0.294. The molecule has 20 heavy (non-hydrogen) atoms. The SMILES string of the molecule is Cc1ccc(OCCCSc2cccc(O)c2)cc1C. The summed E-state index contributed by atoms with van der Waals surface area (Å²) in [7, 11) is 0. The van der Waals surface area contributed by atoms with Gasteiger partial charge in [0, 0.05) is 10.6 Å². The zero-order chi connectivity index (χ0) is 14.4. The summed E-state index contributed by atoms with van der Waals surface area (Å²) in [5.41, 5.74) is 2.55. The van der Waals surface area contributed by atoms with E-state index in [-0.39, 0.29) is 0 Å². The summed E-state index contributed by atoms with van der Waals surface area (Å²) in [4.78, 5) is 1.09. The molecule has 2 nitrogen and oxygen atoms in total. The van der Waals surface area contributed by atoms with Crippen LogP contribution in [0.5, 0.6) is 11.5 Å². The molecular formula is C17H20O2S. The van der Waals surface area contributed by atoms with E-state index in [9.17, 15) is 5.11 Å². The first-order valence-corrected chi connectivity index (χ1v) is 7.75. The molecule has 0 fully saturated rings. The molecule has 0 aliphatic heterocycles. The van der Waals surface area contributed by atoms with Crippen molar-refractivity contribution in [3.05, 3.63) is 53.6 Å². The lowest BCUT2D eigenvalue weighted by Crippen LogP contribution is -1.99. The number of rotatable bonds is 6. The van der Waals surface area contributed by atoms with Crippen LogP contribution < -0.4 is 4.74 Å². The predicted octanol–water partition coefficient (Wildman–Crippen LogP) is 4.57. The fourth-order valence-corrected chi connectivity index (χ4v) is 2.69. The third kappa shape index (κ3) is 4.49. The second kappa shape index (κ2) is 7.25. The van der Waals surface area contributed by atoms with Gasteiger partial charge in [-0.1, -0.05) is 12.1 Å². The summed E-state index contributed by atoms with van der Waals surface area (Å²) >= 11 is 1.74. The van der Waals surface area contributed by atoms with Crippen LogP contribution in [-0.4, -0.2) is 17.5 Å². The third-order valence-corrected chi connectivity index (χ3v) is 4.20. The molecule has 0 aromatic heterocycles. The van der Waals surface area contributed by atoms with Crippen molar-refractivity contribution in [2.24, 2.45) is 0 Å². The van der Waals surface area contributed by atoms with Gasteiger partial charge in [-0.2, -0.15) is 0 Å². The van der Waals surface area contributed by atoms with Crippen LogP contribution in [0, 0.1) is 13.8 Å². The molecule has 0 aliphatic rings. The van der Waals surface area contributed by atoms with Crippen molar-refractivity contribution in [2.45, 2.75) is 25.2 Å². The summed E-state index contributed by atoms with van der Waals surface area (Å²) in [5.74, 6) is 2.24. The zero-order valence-electron chi connectivity index (χ0n) is 11.9. The Bertz CT molecular complexity index is 567. The number of phenolic OH excluding ortho intramolecular Hbond substituents is 1. The average molecular weight is 288 g/mol. The van der Waals surface area contributed by atoms with Crippen LogP contribution in [0.3, 0.4) is 0 Å². The van der Waals surface area contributed by atoms with E-state index in [1.807, 2.05) is 18.2 Å². The second-order valence-corrected chi connectivity index (χ2v) is 5.96. The number of hydrogen-bond acceptors (Lipinski definition) is 3. The molecule has 2 aromatic carbocycles. The van der Waals surface area contributed by atoms with E-state index in [0.717, 1.165) is 22.8 Å². The smallest absolute Gasteiger partial charge is 0.119 e. The minimum Gasteiger partial charge on any atom is -0.508 e. The highest BCUT2D eigenvalue weighted by Crippen LogP contribution is 2.23. The Kier molecular flexibility index (Phi) is 5.36. The van der Waals surface area contributed by atoms with Gasteiger partial charge < -0.3 is 9.84 Å². The van der Waals surface area contributed by atoms with Gasteiger partial charge in [0.25, 0.3) is 0 Å². The first-order valence-electron chi connectivity index (χ1n) is 6.77. The molecule has 0 saturated carbocycles. The Labute approximate surface area is 124 Å². The van der Waals surface area contributed by atoms with E-state index >= 15 is 0 Å². The fourth-order valence-electron chi connectivity index (χ4n) is 1.82. The molecule has 0 aliphatic carbocycles. The summed E-state index contributed by atoms with van der Waals surface area (Å²) in [6, 6.07) is 13.5. The molecule has 3 heteroatoms. The maximum absolute atomic E-state index is 9.37. The van der Waals surface area contributed by atoms with Crippen LogP contribution in [0.25, 0.3) is 0 Å². The van der Waals surface area contributed by atoms with Crippen molar-refractivity contribution in [1.29, 1.82) is 0 Å². The zero-order valence-corrected chi connectivity index (χ0v) is 12.7. The van der Waals surface area contributed by atoms with Gasteiger partial charge in [-0.3, -0.25) is 0 Å². The Balaban J connectivity index is 1.70. The van der Waals surface area contributed by atoms with E-state index in [2.05, 4.69) is 26.0 Å². The molecule has 0 saturated heterocycles. The largest absolute Gasteiger partial charge is 0.508 e. The van der Waals surface area contributed by atoms with E-state index in [1.165, 1.54) is 11.1 Å². The van der Waals surface area contributed by atoms with E-state index in [0.29, 0.717) is 12.4 Å². The van der Waals surface area contributed by atoms with Gasteiger partial charge in [0.1, 0.15) is 11.5 Å². The van der Waals surface area contributed by atoms with Crippen molar-refractivity contribution >= 4 is 11.8 Å². The summed E-state index contributed by atoms with van der Waals surface area (Å²) in [6.07, 6.45) is 0.979. The van der Waals surface area contributed by atoms with E-state index in [1.54, 1.807) is 23.9 Å². The maximum Gasteiger partial charge on any atom is 0.119 e. The van der Waals surface area contributed by atoms with Crippen molar-refractivity contribution in [1.82, 2.24) is 0 Å². The number of aromatic hydroxyl groups is 1. The standard InChI is InChI=1S/C17H20O2S/c1-13-7-8-16(11-14(13)2)19-9-4-10-20-17-6-3-5-15(18)12-17/h3,5-8,11-12,18H,4,9-10H2,1-2H3. The first-order chi connectivity index (χ1) is 9.65. The number of hydrogen-bond donors (Lipinski definition) is 1. The van der Waals surface area contributed by atoms with Gasteiger partial charge in [-0.15, -0.1) is 11.8 Å². The molecule has 2 aromatic rings. The minimum absolute atomic E-state index is 0.321. The quantitative estimate of drug-likeness (QED) is 0.623.